The van der Waals surface area contributed by atoms with Crippen LogP contribution in [0.5, 0.6) is 5.75 Å². The van der Waals surface area contributed by atoms with E-state index in [1.807, 2.05) is 12.1 Å². The van der Waals surface area contributed by atoms with Crippen LogP contribution < -0.4 is 15.8 Å². The topological polar surface area (TPSA) is 64.3 Å². The fourth-order valence-electron chi connectivity index (χ4n) is 2.36. The molecule has 1 fully saturated rings. The number of rotatable bonds is 8. The van der Waals surface area contributed by atoms with Crippen molar-refractivity contribution in [2.24, 2.45) is 11.7 Å². The van der Waals surface area contributed by atoms with Crippen molar-refractivity contribution >= 4 is 18.3 Å². The lowest BCUT2D eigenvalue weighted by Gasteiger charge is -2.16. The second kappa shape index (κ2) is 9.01. The van der Waals surface area contributed by atoms with Gasteiger partial charge in [-0.2, -0.15) is 0 Å². The zero-order valence-corrected chi connectivity index (χ0v) is 14.2. The molecule has 0 aromatic heterocycles. The minimum Gasteiger partial charge on any atom is -0.493 e. The summed E-state index contributed by atoms with van der Waals surface area (Å²) >= 11 is 0. The van der Waals surface area contributed by atoms with Crippen LogP contribution in [0.15, 0.2) is 24.3 Å². The quantitative estimate of drug-likeness (QED) is 0.772. The Morgan fingerprint density at radius 3 is 2.45 bits per heavy atom. The summed E-state index contributed by atoms with van der Waals surface area (Å²) in [5.74, 6) is 1.94. The molecule has 5 heteroatoms. The fourth-order valence-corrected chi connectivity index (χ4v) is 2.36. The lowest BCUT2D eigenvalue weighted by atomic mass is 10.0. The Hall–Kier alpha value is -1.26. The Bertz CT molecular complexity index is 458. The number of nitrogens with two attached hydrogens (primary N) is 1. The van der Waals surface area contributed by atoms with Gasteiger partial charge >= 0.3 is 0 Å². The van der Waals surface area contributed by atoms with Crippen LogP contribution in [0, 0.1) is 5.92 Å². The van der Waals surface area contributed by atoms with Gasteiger partial charge in [-0.3, -0.25) is 4.79 Å². The minimum absolute atomic E-state index is 0. The SMILES string of the molecule is CC(C)c1ccc(OCCC(=O)NC(CN)C2CC2)cc1.Cl. The number of benzene rings is 1. The molecule has 3 N–H and O–H groups in total. The molecule has 1 atom stereocenters. The molecule has 0 spiro atoms. The molecule has 22 heavy (non-hydrogen) atoms. The highest BCUT2D eigenvalue weighted by molar-refractivity contribution is 5.85. The predicted octanol–water partition coefficient (Wildman–Crippen LogP) is 2.85. The number of halogens is 1. The molecule has 1 saturated carbocycles. The van der Waals surface area contributed by atoms with E-state index in [1.165, 1.54) is 18.4 Å². The van der Waals surface area contributed by atoms with Gasteiger partial charge in [0.05, 0.1) is 13.0 Å². The Balaban J connectivity index is 0.00000242. The highest BCUT2D eigenvalue weighted by Gasteiger charge is 2.30. The van der Waals surface area contributed by atoms with E-state index in [9.17, 15) is 4.79 Å². The first kappa shape index (κ1) is 18.8. The van der Waals surface area contributed by atoms with E-state index in [1.54, 1.807) is 0 Å². The van der Waals surface area contributed by atoms with E-state index in [0.717, 1.165) is 5.75 Å². The fraction of sp³-hybridized carbons (Fsp3) is 0.588. The third kappa shape index (κ3) is 5.85. The summed E-state index contributed by atoms with van der Waals surface area (Å²) in [5.41, 5.74) is 6.96. The average Bonchev–Trinajstić information content (AvgIpc) is 3.30. The van der Waals surface area contributed by atoms with Crippen LogP contribution in [0.3, 0.4) is 0 Å². The van der Waals surface area contributed by atoms with Crippen molar-refractivity contribution in [2.45, 2.75) is 45.1 Å². The molecule has 0 bridgehead atoms. The van der Waals surface area contributed by atoms with Gasteiger partial charge in [0.25, 0.3) is 0 Å². The van der Waals surface area contributed by atoms with Crippen molar-refractivity contribution in [1.29, 1.82) is 0 Å². The highest BCUT2D eigenvalue weighted by atomic mass is 35.5. The van der Waals surface area contributed by atoms with Crippen LogP contribution in [0.4, 0.5) is 0 Å². The number of carbonyl (C=O) groups excluding carboxylic acids is 1. The Kier molecular flexibility index (Phi) is 7.69. The largest absolute Gasteiger partial charge is 0.493 e. The molecule has 1 unspecified atom stereocenters. The maximum Gasteiger partial charge on any atom is 0.223 e. The molecule has 1 aliphatic carbocycles. The third-order valence-corrected chi connectivity index (χ3v) is 3.94. The van der Waals surface area contributed by atoms with Crippen LogP contribution in [0.2, 0.25) is 0 Å². The highest BCUT2D eigenvalue weighted by Crippen LogP contribution is 2.32. The third-order valence-electron chi connectivity index (χ3n) is 3.94. The first-order valence-electron chi connectivity index (χ1n) is 7.82. The van der Waals surface area contributed by atoms with Crippen LogP contribution in [-0.2, 0) is 4.79 Å². The second-order valence-corrected chi connectivity index (χ2v) is 6.07. The van der Waals surface area contributed by atoms with Gasteiger partial charge < -0.3 is 15.8 Å². The van der Waals surface area contributed by atoms with Crippen molar-refractivity contribution in [3.8, 4) is 5.75 Å². The molecule has 1 amide bonds. The van der Waals surface area contributed by atoms with Crippen LogP contribution >= 0.6 is 12.4 Å². The van der Waals surface area contributed by atoms with Crippen LogP contribution in [0.25, 0.3) is 0 Å². The molecular weight excluding hydrogens is 300 g/mol. The summed E-state index contributed by atoms with van der Waals surface area (Å²) in [4.78, 5) is 11.8. The lowest BCUT2D eigenvalue weighted by molar-refractivity contribution is -0.122. The van der Waals surface area contributed by atoms with Gasteiger partial charge in [0.1, 0.15) is 5.75 Å². The van der Waals surface area contributed by atoms with Gasteiger partial charge in [-0.25, -0.2) is 0 Å². The first-order valence-corrected chi connectivity index (χ1v) is 7.82. The van der Waals surface area contributed by atoms with E-state index in [4.69, 9.17) is 10.5 Å². The van der Waals surface area contributed by atoms with Gasteiger partial charge in [0.15, 0.2) is 0 Å². The maximum absolute atomic E-state index is 11.8. The molecule has 0 saturated heterocycles. The predicted molar refractivity (Wildman–Crippen MR) is 91.6 cm³/mol. The minimum atomic E-state index is 0. The maximum atomic E-state index is 11.8. The zero-order chi connectivity index (χ0) is 15.2. The summed E-state index contributed by atoms with van der Waals surface area (Å²) in [5, 5.41) is 3.00. The summed E-state index contributed by atoms with van der Waals surface area (Å²) in [6, 6.07) is 8.19. The molecule has 1 aromatic carbocycles. The Labute approximate surface area is 139 Å². The van der Waals surface area contributed by atoms with Gasteiger partial charge in [-0.05, 0) is 42.4 Å². The molecule has 0 heterocycles. The van der Waals surface area contributed by atoms with Crippen molar-refractivity contribution < 1.29 is 9.53 Å². The van der Waals surface area contributed by atoms with Gasteiger partial charge in [0.2, 0.25) is 5.91 Å². The zero-order valence-electron chi connectivity index (χ0n) is 13.4. The van der Waals surface area contributed by atoms with Crippen molar-refractivity contribution in [1.82, 2.24) is 5.32 Å². The normalized spacial score (nSPS) is 15.1. The Morgan fingerprint density at radius 1 is 1.32 bits per heavy atom. The number of nitrogens with one attached hydrogen (secondary N) is 1. The van der Waals surface area contributed by atoms with Gasteiger partial charge in [0, 0.05) is 12.6 Å². The monoisotopic (exact) mass is 326 g/mol. The van der Waals surface area contributed by atoms with Gasteiger partial charge in [-0.15, -0.1) is 12.4 Å². The van der Waals surface area contributed by atoms with Crippen molar-refractivity contribution in [2.75, 3.05) is 13.2 Å². The Morgan fingerprint density at radius 2 is 1.95 bits per heavy atom. The number of amides is 1. The smallest absolute Gasteiger partial charge is 0.223 e. The molecule has 1 aromatic rings. The summed E-state index contributed by atoms with van der Waals surface area (Å²) < 4.78 is 5.61. The summed E-state index contributed by atoms with van der Waals surface area (Å²) in [6.45, 7) is 5.24. The molecule has 0 radical (unpaired) electrons. The molecule has 1 aliphatic rings. The number of ether oxygens (including phenoxy) is 1. The molecule has 0 aliphatic heterocycles. The average molecular weight is 327 g/mol. The number of hydrogen-bond donors (Lipinski definition) is 2. The molecule has 4 nitrogen and oxygen atoms in total. The van der Waals surface area contributed by atoms with Crippen molar-refractivity contribution in [3.63, 3.8) is 0 Å². The molecule has 2 rings (SSSR count). The summed E-state index contributed by atoms with van der Waals surface area (Å²) in [6.07, 6.45) is 2.73. The number of carbonyl (C=O) groups is 1. The molecule has 124 valence electrons. The standard InChI is InChI=1S/C17H26N2O2.ClH/c1-12(2)13-5-7-15(8-6-13)21-10-9-17(20)19-16(11-18)14-3-4-14;/h5-8,12,14,16H,3-4,9-11,18H2,1-2H3,(H,19,20);1H. The van der Waals surface area contributed by atoms with E-state index >= 15 is 0 Å². The first-order chi connectivity index (χ1) is 10.1. The van der Waals surface area contributed by atoms with Gasteiger partial charge in [-0.1, -0.05) is 26.0 Å². The van der Waals surface area contributed by atoms with Crippen LogP contribution in [-0.4, -0.2) is 25.1 Å². The van der Waals surface area contributed by atoms with E-state index in [-0.39, 0.29) is 24.4 Å². The van der Waals surface area contributed by atoms with E-state index in [2.05, 4.69) is 31.3 Å². The van der Waals surface area contributed by atoms with Crippen molar-refractivity contribution in [3.05, 3.63) is 29.8 Å². The number of hydrogen-bond acceptors (Lipinski definition) is 3. The lowest BCUT2D eigenvalue weighted by Crippen LogP contribution is -2.42. The second-order valence-electron chi connectivity index (χ2n) is 6.07. The van der Waals surface area contributed by atoms with Crippen LogP contribution in [0.1, 0.15) is 44.6 Å². The van der Waals surface area contributed by atoms with E-state index in [0.29, 0.717) is 31.4 Å². The van der Waals surface area contributed by atoms with E-state index < -0.39 is 0 Å². The molecular formula is C17H27ClN2O2. The summed E-state index contributed by atoms with van der Waals surface area (Å²) in [7, 11) is 0.